The predicted molar refractivity (Wildman–Crippen MR) is 79.6 cm³/mol. The minimum Gasteiger partial charge on any atom is -0.475 e. The van der Waals surface area contributed by atoms with Gasteiger partial charge in [-0.15, -0.1) is 0 Å². The normalized spacial score (nSPS) is 12.2. The van der Waals surface area contributed by atoms with E-state index in [1.165, 1.54) is 23.0 Å². The quantitative estimate of drug-likeness (QED) is 0.849. The molecule has 0 aliphatic rings. The van der Waals surface area contributed by atoms with Gasteiger partial charge in [0.2, 0.25) is 0 Å². The average molecular weight is 271 g/mol. The van der Waals surface area contributed by atoms with E-state index in [0.717, 1.165) is 11.3 Å². The Bertz CT molecular complexity index is 546. The first kappa shape index (κ1) is 14.5. The number of nitrogens with one attached hydrogen (secondary N) is 1. The molecule has 1 aromatic heterocycles. The maximum absolute atomic E-state index is 6.00. The zero-order valence-electron chi connectivity index (χ0n) is 12.5. The fourth-order valence-electron chi connectivity index (χ4n) is 2.25. The highest BCUT2D eigenvalue weighted by Gasteiger charge is 2.09. The molecular weight excluding hydrogens is 250 g/mol. The molecule has 1 aromatic carbocycles. The molecule has 2 rings (SSSR count). The summed E-state index contributed by atoms with van der Waals surface area (Å²) in [5, 5.41) is 3.31. The summed E-state index contributed by atoms with van der Waals surface area (Å²) in [6.07, 6.45) is 5.06. The highest BCUT2D eigenvalue weighted by atomic mass is 16.5. The van der Waals surface area contributed by atoms with E-state index in [1.54, 1.807) is 12.4 Å². The Morgan fingerprint density at radius 1 is 1.10 bits per heavy atom. The van der Waals surface area contributed by atoms with Crippen LogP contribution < -0.4 is 10.1 Å². The van der Waals surface area contributed by atoms with Crippen molar-refractivity contribution in [3.05, 3.63) is 53.1 Å². The summed E-state index contributed by atoms with van der Waals surface area (Å²) in [4.78, 5) is 7.99. The third-order valence-corrected chi connectivity index (χ3v) is 3.11. The summed E-state index contributed by atoms with van der Waals surface area (Å²) in [6.45, 7) is 8.94. The molecule has 0 saturated heterocycles. The van der Waals surface area contributed by atoms with E-state index in [9.17, 15) is 0 Å². The van der Waals surface area contributed by atoms with E-state index >= 15 is 0 Å². The predicted octanol–water partition coefficient (Wildman–Crippen LogP) is 2.92. The van der Waals surface area contributed by atoms with Gasteiger partial charge in [-0.3, -0.25) is 5.32 Å². The van der Waals surface area contributed by atoms with Crippen LogP contribution in [0.25, 0.3) is 0 Å². The average Bonchev–Trinajstić information content (AvgIpc) is 2.42. The molecule has 0 aliphatic heterocycles. The lowest BCUT2D eigenvalue weighted by Crippen LogP contribution is -2.31. The van der Waals surface area contributed by atoms with Crippen LogP contribution in [0.5, 0.6) is 5.75 Å². The van der Waals surface area contributed by atoms with Gasteiger partial charge in [0.25, 0.3) is 0 Å². The topological polar surface area (TPSA) is 47.0 Å². The van der Waals surface area contributed by atoms with Crippen LogP contribution in [0.15, 0.2) is 30.9 Å². The highest BCUT2D eigenvalue weighted by Crippen LogP contribution is 2.25. The van der Waals surface area contributed by atoms with Crippen molar-refractivity contribution in [3.8, 4) is 5.75 Å². The largest absolute Gasteiger partial charge is 0.475 e. The Kier molecular flexibility index (Phi) is 4.69. The van der Waals surface area contributed by atoms with Gasteiger partial charge >= 0.3 is 0 Å². The van der Waals surface area contributed by atoms with Crippen LogP contribution in [0.1, 0.15) is 29.2 Å². The highest BCUT2D eigenvalue weighted by molar-refractivity contribution is 5.43. The Morgan fingerprint density at radius 2 is 1.70 bits per heavy atom. The van der Waals surface area contributed by atoms with Gasteiger partial charge in [0.1, 0.15) is 18.3 Å². The van der Waals surface area contributed by atoms with Gasteiger partial charge in [0.05, 0.1) is 0 Å². The molecule has 0 amide bonds. The zero-order chi connectivity index (χ0) is 14.5. The van der Waals surface area contributed by atoms with Gasteiger partial charge in [-0.25, -0.2) is 9.97 Å². The SMILES string of the molecule is Cc1cc(C)c(OC(C)NCc2cncnc2)c(C)c1. The van der Waals surface area contributed by atoms with E-state index in [0.29, 0.717) is 6.54 Å². The fourth-order valence-corrected chi connectivity index (χ4v) is 2.25. The van der Waals surface area contributed by atoms with Crippen LogP contribution in [0.3, 0.4) is 0 Å². The first-order chi connectivity index (χ1) is 9.56. The van der Waals surface area contributed by atoms with Crippen LogP contribution in [0, 0.1) is 20.8 Å². The number of hydrogen-bond acceptors (Lipinski definition) is 4. The first-order valence-corrected chi connectivity index (χ1v) is 6.78. The number of rotatable bonds is 5. The van der Waals surface area contributed by atoms with Crippen molar-refractivity contribution in [1.82, 2.24) is 15.3 Å². The van der Waals surface area contributed by atoms with Gasteiger partial charge in [0, 0.05) is 24.5 Å². The smallest absolute Gasteiger partial charge is 0.147 e. The molecule has 1 heterocycles. The minimum absolute atomic E-state index is 0.0738. The second kappa shape index (κ2) is 6.48. The second-order valence-electron chi connectivity index (χ2n) is 5.12. The molecule has 4 heteroatoms. The fraction of sp³-hybridized carbons (Fsp3) is 0.375. The molecule has 1 unspecified atom stereocenters. The van der Waals surface area contributed by atoms with Crippen molar-refractivity contribution in [2.75, 3.05) is 0 Å². The molecule has 20 heavy (non-hydrogen) atoms. The lowest BCUT2D eigenvalue weighted by Gasteiger charge is -2.19. The maximum atomic E-state index is 6.00. The molecular formula is C16H21N3O. The van der Waals surface area contributed by atoms with Crippen molar-refractivity contribution >= 4 is 0 Å². The summed E-state index contributed by atoms with van der Waals surface area (Å²) in [5.41, 5.74) is 4.63. The van der Waals surface area contributed by atoms with Gasteiger partial charge in [0.15, 0.2) is 0 Å². The van der Waals surface area contributed by atoms with Crippen LogP contribution in [0.4, 0.5) is 0 Å². The molecule has 1 N–H and O–H groups in total. The Hall–Kier alpha value is -1.94. The van der Waals surface area contributed by atoms with Crippen LogP contribution in [-0.4, -0.2) is 16.2 Å². The van der Waals surface area contributed by atoms with E-state index in [1.807, 2.05) is 6.92 Å². The molecule has 4 nitrogen and oxygen atoms in total. The van der Waals surface area contributed by atoms with Crippen molar-refractivity contribution in [2.24, 2.45) is 0 Å². The van der Waals surface area contributed by atoms with E-state index in [2.05, 4.69) is 48.2 Å². The molecule has 0 saturated carbocycles. The molecule has 106 valence electrons. The van der Waals surface area contributed by atoms with Crippen LogP contribution >= 0.6 is 0 Å². The monoisotopic (exact) mass is 271 g/mol. The van der Waals surface area contributed by atoms with Crippen LogP contribution in [-0.2, 0) is 6.54 Å². The molecule has 2 aromatic rings. The number of nitrogens with zero attached hydrogens (tertiary/aromatic N) is 2. The summed E-state index contributed by atoms with van der Waals surface area (Å²) in [6, 6.07) is 4.28. The zero-order valence-corrected chi connectivity index (χ0v) is 12.5. The second-order valence-corrected chi connectivity index (χ2v) is 5.12. The number of ether oxygens (including phenoxy) is 1. The van der Waals surface area contributed by atoms with E-state index < -0.39 is 0 Å². The van der Waals surface area contributed by atoms with Crippen molar-refractivity contribution in [2.45, 2.75) is 40.5 Å². The molecule has 0 bridgehead atoms. The van der Waals surface area contributed by atoms with Gasteiger partial charge in [-0.2, -0.15) is 0 Å². The standard InChI is InChI=1S/C16H21N3O/c1-11-5-12(2)16(13(3)6-11)20-14(4)19-9-15-7-17-10-18-8-15/h5-8,10,14,19H,9H2,1-4H3. The first-order valence-electron chi connectivity index (χ1n) is 6.78. The number of aromatic nitrogens is 2. The molecule has 0 radical (unpaired) electrons. The molecule has 0 spiro atoms. The van der Waals surface area contributed by atoms with E-state index in [-0.39, 0.29) is 6.23 Å². The molecule has 0 aliphatic carbocycles. The molecule has 0 fully saturated rings. The van der Waals surface area contributed by atoms with E-state index in [4.69, 9.17) is 4.74 Å². The van der Waals surface area contributed by atoms with Crippen LogP contribution in [0.2, 0.25) is 0 Å². The van der Waals surface area contributed by atoms with Crippen molar-refractivity contribution in [1.29, 1.82) is 0 Å². The summed E-state index contributed by atoms with van der Waals surface area (Å²) in [5.74, 6) is 0.958. The number of hydrogen-bond donors (Lipinski definition) is 1. The van der Waals surface area contributed by atoms with Gasteiger partial charge in [-0.05, 0) is 38.8 Å². The number of benzene rings is 1. The lowest BCUT2D eigenvalue weighted by molar-refractivity contribution is 0.178. The maximum Gasteiger partial charge on any atom is 0.147 e. The van der Waals surface area contributed by atoms with Gasteiger partial charge in [-0.1, -0.05) is 17.7 Å². The molecule has 1 atom stereocenters. The summed E-state index contributed by atoms with van der Waals surface area (Å²) in [7, 11) is 0. The lowest BCUT2D eigenvalue weighted by atomic mass is 10.1. The minimum atomic E-state index is -0.0738. The third-order valence-electron chi connectivity index (χ3n) is 3.11. The van der Waals surface area contributed by atoms with Crippen molar-refractivity contribution in [3.63, 3.8) is 0 Å². The third kappa shape index (κ3) is 3.78. The van der Waals surface area contributed by atoms with Gasteiger partial charge < -0.3 is 4.74 Å². The van der Waals surface area contributed by atoms with Crippen molar-refractivity contribution < 1.29 is 4.74 Å². The Balaban J connectivity index is 1.96. The summed E-state index contributed by atoms with van der Waals surface area (Å²) >= 11 is 0. The summed E-state index contributed by atoms with van der Waals surface area (Å²) < 4.78 is 6.00. The number of aryl methyl sites for hydroxylation is 3. The Morgan fingerprint density at radius 3 is 2.30 bits per heavy atom. The Labute approximate surface area is 120 Å².